The molecule has 0 saturated heterocycles. The normalized spacial score (nSPS) is 26.0. The van der Waals surface area contributed by atoms with Gasteiger partial charge < -0.3 is 0 Å². The fourth-order valence-corrected chi connectivity index (χ4v) is 4.19. The van der Waals surface area contributed by atoms with Crippen molar-refractivity contribution in [3.05, 3.63) is 58.0 Å². The van der Waals surface area contributed by atoms with Crippen LogP contribution in [-0.2, 0) is 0 Å². The largest absolute Gasteiger partial charge is 0.284 e. The molecule has 2 fully saturated rings. The number of nitrogens with zero attached hydrogens (tertiary/aromatic N) is 4. The van der Waals surface area contributed by atoms with Crippen LogP contribution >= 0.6 is 11.6 Å². The van der Waals surface area contributed by atoms with Crippen molar-refractivity contribution in [2.24, 2.45) is 11.8 Å². The van der Waals surface area contributed by atoms with E-state index >= 15 is 0 Å². The zero-order valence-corrected chi connectivity index (χ0v) is 14.2. The molecule has 0 aliphatic heterocycles. The maximum Gasteiger partial charge on any atom is 0.284 e. The van der Waals surface area contributed by atoms with Crippen LogP contribution < -0.4 is 5.56 Å². The highest BCUT2D eigenvalue weighted by Gasteiger charge is 2.71. The second kappa shape index (κ2) is 5.30. The molecule has 0 amide bonds. The molecule has 2 saturated carbocycles. The van der Waals surface area contributed by atoms with E-state index < -0.39 is 17.8 Å². The van der Waals surface area contributed by atoms with Crippen molar-refractivity contribution in [1.82, 2.24) is 19.5 Å². The first-order valence-corrected chi connectivity index (χ1v) is 8.72. The average molecular weight is 375 g/mol. The number of aromatic nitrogens is 4. The molecule has 0 aromatic carbocycles. The summed E-state index contributed by atoms with van der Waals surface area (Å²) in [5, 5.41) is 0.303. The summed E-state index contributed by atoms with van der Waals surface area (Å²) in [6, 6.07) is 6.66. The molecule has 0 bridgehead atoms. The van der Waals surface area contributed by atoms with Crippen molar-refractivity contribution >= 4 is 22.6 Å². The molecule has 0 radical (unpaired) electrons. The van der Waals surface area contributed by atoms with Gasteiger partial charge in [-0.15, -0.1) is 0 Å². The lowest BCUT2D eigenvalue weighted by Crippen LogP contribution is -2.27. The minimum atomic E-state index is -2.57. The highest BCUT2D eigenvalue weighted by Crippen LogP contribution is 2.67. The number of alkyl halides is 2. The Hall–Kier alpha value is -2.41. The van der Waals surface area contributed by atoms with Gasteiger partial charge in [-0.1, -0.05) is 11.6 Å². The highest BCUT2D eigenvalue weighted by atomic mass is 35.5. The van der Waals surface area contributed by atoms with Crippen LogP contribution in [0.15, 0.2) is 41.5 Å². The quantitative estimate of drug-likeness (QED) is 0.643. The first-order chi connectivity index (χ1) is 12.5. The molecule has 8 heteroatoms. The lowest BCUT2D eigenvalue weighted by Gasteiger charge is -2.19. The van der Waals surface area contributed by atoms with Gasteiger partial charge in [0.05, 0.1) is 17.4 Å². The number of hydrogen-bond acceptors (Lipinski definition) is 4. The molecule has 3 heterocycles. The van der Waals surface area contributed by atoms with E-state index in [1.807, 2.05) is 0 Å². The van der Waals surface area contributed by atoms with Crippen molar-refractivity contribution < 1.29 is 8.78 Å². The number of hydrogen-bond donors (Lipinski definition) is 0. The number of halogens is 3. The summed E-state index contributed by atoms with van der Waals surface area (Å²) in [5.74, 6) is -3.49. The molecule has 2 aliphatic carbocycles. The van der Waals surface area contributed by atoms with Crippen LogP contribution in [0.25, 0.3) is 16.7 Å². The van der Waals surface area contributed by atoms with Crippen LogP contribution in [0.3, 0.4) is 0 Å². The third-order valence-corrected chi connectivity index (χ3v) is 5.66. The number of pyridine rings is 2. The summed E-state index contributed by atoms with van der Waals surface area (Å²) < 4.78 is 28.7. The van der Waals surface area contributed by atoms with E-state index in [0.717, 1.165) is 0 Å². The van der Waals surface area contributed by atoms with Crippen molar-refractivity contribution in [2.75, 3.05) is 0 Å². The van der Waals surface area contributed by atoms with Crippen molar-refractivity contribution in [2.45, 2.75) is 24.7 Å². The molecular formula is C18H13ClF2N4O. The molecule has 0 spiro atoms. The molecule has 5 nitrogen and oxygen atoms in total. The standard InChI is InChI=1S/C18H13ClF2N4O/c19-14-4-3-10(8-23-14)25-16(9-6-11-12(7-9)18(11,20)21)24-13-2-1-5-22-15(13)17(25)26/h1-5,8-9,11-12H,6-7H2/t9?,11-,12+. The Morgan fingerprint density at radius 2 is 1.92 bits per heavy atom. The Labute approximate surface area is 151 Å². The number of fused-ring (bicyclic) bond motifs is 2. The monoisotopic (exact) mass is 374 g/mol. The van der Waals surface area contributed by atoms with E-state index in [0.29, 0.717) is 35.0 Å². The summed E-state index contributed by atoms with van der Waals surface area (Å²) >= 11 is 5.85. The van der Waals surface area contributed by atoms with Gasteiger partial charge in [-0.25, -0.2) is 23.7 Å². The lowest BCUT2D eigenvalue weighted by atomic mass is 10.0. The summed E-state index contributed by atoms with van der Waals surface area (Å²) in [7, 11) is 0. The van der Waals surface area contributed by atoms with Gasteiger partial charge in [0.25, 0.3) is 11.5 Å². The van der Waals surface area contributed by atoms with Gasteiger partial charge in [-0.3, -0.25) is 9.36 Å². The van der Waals surface area contributed by atoms with Gasteiger partial charge in [0, 0.05) is 24.0 Å². The molecule has 2 aliphatic rings. The summed E-state index contributed by atoms with van der Waals surface area (Å²) in [6.45, 7) is 0. The van der Waals surface area contributed by atoms with Crippen LogP contribution in [0, 0.1) is 11.8 Å². The Morgan fingerprint density at radius 1 is 1.15 bits per heavy atom. The van der Waals surface area contributed by atoms with Crippen molar-refractivity contribution in [1.29, 1.82) is 0 Å². The van der Waals surface area contributed by atoms with Crippen molar-refractivity contribution in [3.63, 3.8) is 0 Å². The molecule has 1 unspecified atom stereocenters. The van der Waals surface area contributed by atoms with E-state index in [2.05, 4.69) is 15.0 Å². The first-order valence-electron chi connectivity index (χ1n) is 8.34. The summed E-state index contributed by atoms with van der Waals surface area (Å²) in [6.07, 6.45) is 3.67. The summed E-state index contributed by atoms with van der Waals surface area (Å²) in [5.41, 5.74) is 0.876. The lowest BCUT2D eigenvalue weighted by molar-refractivity contribution is 0.0689. The Balaban J connectivity index is 1.70. The minimum absolute atomic E-state index is 0.197. The molecule has 26 heavy (non-hydrogen) atoms. The van der Waals surface area contributed by atoms with Gasteiger partial charge in [0.15, 0.2) is 5.52 Å². The van der Waals surface area contributed by atoms with E-state index in [9.17, 15) is 13.6 Å². The topological polar surface area (TPSA) is 60.7 Å². The molecule has 5 rings (SSSR count). The molecule has 3 aromatic rings. The van der Waals surface area contributed by atoms with E-state index in [1.165, 1.54) is 17.0 Å². The zero-order chi connectivity index (χ0) is 18.1. The molecule has 3 atom stereocenters. The van der Waals surface area contributed by atoms with Gasteiger partial charge in [-0.2, -0.15) is 0 Å². The highest BCUT2D eigenvalue weighted by molar-refractivity contribution is 6.29. The predicted octanol–water partition coefficient (Wildman–Crippen LogP) is 3.59. The Bertz CT molecular complexity index is 1070. The van der Waals surface area contributed by atoms with Gasteiger partial charge in [-0.05, 0) is 37.1 Å². The van der Waals surface area contributed by atoms with Crippen LogP contribution in [0.1, 0.15) is 24.6 Å². The fourth-order valence-electron chi connectivity index (χ4n) is 4.08. The fraction of sp³-hybridized carbons (Fsp3) is 0.333. The van der Waals surface area contributed by atoms with Crippen LogP contribution in [-0.4, -0.2) is 25.4 Å². The molecular weight excluding hydrogens is 362 g/mol. The van der Waals surface area contributed by atoms with Gasteiger partial charge in [0.1, 0.15) is 11.0 Å². The number of rotatable bonds is 2. The average Bonchev–Trinajstić information content (AvgIpc) is 2.99. The maximum atomic E-state index is 13.6. The van der Waals surface area contributed by atoms with Crippen LogP contribution in [0.4, 0.5) is 8.78 Å². The van der Waals surface area contributed by atoms with E-state index in [4.69, 9.17) is 11.6 Å². The second-order valence-electron chi connectivity index (χ2n) is 6.88. The third-order valence-electron chi connectivity index (χ3n) is 5.43. The zero-order valence-electron chi connectivity index (χ0n) is 13.4. The SMILES string of the molecule is O=c1c2ncccc2nc(C2C[C@@H]3[C@H](C2)C3(F)F)n1-c1ccc(Cl)nc1. The Morgan fingerprint density at radius 3 is 2.62 bits per heavy atom. The molecule has 3 aromatic heterocycles. The van der Waals surface area contributed by atoms with Crippen molar-refractivity contribution in [3.8, 4) is 5.69 Å². The molecule has 132 valence electrons. The Kier molecular flexibility index (Phi) is 3.22. The van der Waals surface area contributed by atoms with E-state index in [1.54, 1.807) is 24.3 Å². The third kappa shape index (κ3) is 2.19. The second-order valence-corrected chi connectivity index (χ2v) is 7.26. The van der Waals surface area contributed by atoms with Gasteiger partial charge in [0.2, 0.25) is 0 Å². The van der Waals surface area contributed by atoms with Crippen LogP contribution in [0.5, 0.6) is 0 Å². The molecule has 0 N–H and O–H groups in total. The predicted molar refractivity (Wildman–Crippen MR) is 91.8 cm³/mol. The van der Waals surface area contributed by atoms with Gasteiger partial charge >= 0.3 is 0 Å². The first kappa shape index (κ1) is 15.8. The smallest absolute Gasteiger partial charge is 0.266 e. The maximum absolute atomic E-state index is 13.6. The van der Waals surface area contributed by atoms with E-state index in [-0.39, 0.29) is 17.0 Å². The van der Waals surface area contributed by atoms with Crippen LogP contribution in [0.2, 0.25) is 5.15 Å². The summed E-state index contributed by atoms with van der Waals surface area (Å²) in [4.78, 5) is 25.8. The minimum Gasteiger partial charge on any atom is -0.266 e.